The zero-order valence-corrected chi connectivity index (χ0v) is 31.1. The van der Waals surface area contributed by atoms with Gasteiger partial charge in [-0.1, -0.05) is 20.8 Å². The van der Waals surface area contributed by atoms with Gasteiger partial charge in [-0.15, -0.1) is 69.6 Å². The third-order valence-electron chi connectivity index (χ3n) is 7.26. The van der Waals surface area contributed by atoms with Gasteiger partial charge in [0.25, 0.3) is 0 Å². The Morgan fingerprint density at radius 2 is 1.02 bits per heavy atom. The first kappa shape index (κ1) is 44.0. The molecule has 0 spiro atoms. The lowest BCUT2D eigenvalue weighted by molar-refractivity contribution is -0.377. The fraction of sp³-hybridized carbons (Fsp3) is 0.893. The molecule has 20 heteroatoms. The second-order valence-corrected chi connectivity index (χ2v) is 15.6. The van der Waals surface area contributed by atoms with Crippen molar-refractivity contribution < 1.29 is 68.3 Å². The Balaban J connectivity index is 0.000000558. The van der Waals surface area contributed by atoms with Crippen LogP contribution in [0.5, 0.6) is 0 Å². The lowest BCUT2D eigenvalue weighted by Crippen LogP contribution is -2.65. The van der Waals surface area contributed by atoms with Crippen LogP contribution in [0.4, 0.5) is 0 Å². The normalized spacial score (nSPS) is 41.8. The Morgan fingerprint density at radius 1 is 0.604 bits per heavy atom. The first-order chi connectivity index (χ1) is 22.1. The number of rotatable bonds is 8. The zero-order chi connectivity index (χ0) is 36.8. The highest BCUT2D eigenvalue weighted by Gasteiger charge is 2.55. The maximum atomic E-state index is 12.7. The van der Waals surface area contributed by atoms with Gasteiger partial charge in [0.05, 0.1) is 51.9 Å². The van der Waals surface area contributed by atoms with E-state index in [4.69, 9.17) is 98.0 Å². The summed E-state index contributed by atoms with van der Waals surface area (Å²) in [6.07, 6.45) is -15.9. The molecular weight excluding hydrogens is 773 g/mol. The van der Waals surface area contributed by atoms with Crippen molar-refractivity contribution in [1.82, 2.24) is 0 Å². The van der Waals surface area contributed by atoms with E-state index in [1.54, 1.807) is 20.8 Å². The van der Waals surface area contributed by atoms with Crippen molar-refractivity contribution in [2.75, 3.05) is 13.2 Å². The number of halogens is 6. The second kappa shape index (κ2) is 19.1. The van der Waals surface area contributed by atoms with Crippen LogP contribution in [-0.2, 0) is 42.8 Å². The molecule has 2 aliphatic heterocycles. The van der Waals surface area contributed by atoms with Gasteiger partial charge in [0.1, 0.15) is 30.5 Å². The van der Waals surface area contributed by atoms with Crippen molar-refractivity contribution in [2.45, 2.75) is 135 Å². The molecule has 0 radical (unpaired) electrons. The summed E-state index contributed by atoms with van der Waals surface area (Å²) < 4.78 is 32.7. The standard InChI is InChI=1S/C22H36O14.C6H6Cl6/c1-9(25)31-17-12(8-24)34-21(36-20-16(30)15(29)14(28)11(7-23)33-20)19(18(17)32-10(2)26)35-13(27)6-22(3,4)5;7-1-2(8)4(10)6(12)5(11)3(1)9/h11-12,14-21,23-24,28-30H,6-8H2,1-5H3;1-6H/t11-,12-,14-,15+,16-,17-,18+,19-,20-,21-;1-,2-,3-,4+,5+,6+/m1./s1. The number of aliphatic hydroxyl groups excluding tert-OH is 5. The summed E-state index contributed by atoms with van der Waals surface area (Å²) in [5.74, 6) is -2.38. The van der Waals surface area contributed by atoms with Crippen LogP contribution in [-0.4, -0.2) is 150 Å². The topological polar surface area (TPSA) is 208 Å². The lowest BCUT2D eigenvalue weighted by atomic mass is 9.92. The van der Waals surface area contributed by atoms with E-state index in [1.165, 1.54) is 0 Å². The van der Waals surface area contributed by atoms with E-state index in [0.29, 0.717) is 0 Å². The first-order valence-corrected chi connectivity index (χ1v) is 17.4. The number of esters is 3. The summed E-state index contributed by atoms with van der Waals surface area (Å²) in [6.45, 7) is 6.00. The average molecular weight is 815 g/mol. The van der Waals surface area contributed by atoms with Crippen molar-refractivity contribution in [1.29, 1.82) is 0 Å². The van der Waals surface area contributed by atoms with Crippen LogP contribution in [0.25, 0.3) is 0 Å². The molecule has 10 atom stereocenters. The van der Waals surface area contributed by atoms with Crippen molar-refractivity contribution in [2.24, 2.45) is 5.41 Å². The monoisotopic (exact) mass is 812 g/mol. The van der Waals surface area contributed by atoms with Crippen LogP contribution in [0.1, 0.15) is 41.0 Å². The number of hydrogen-bond acceptors (Lipinski definition) is 14. The van der Waals surface area contributed by atoms with Gasteiger partial charge < -0.3 is 54.0 Å². The van der Waals surface area contributed by atoms with Gasteiger partial charge in [-0.05, 0) is 5.41 Å². The number of alkyl halides is 6. The van der Waals surface area contributed by atoms with Crippen LogP contribution < -0.4 is 0 Å². The van der Waals surface area contributed by atoms with E-state index >= 15 is 0 Å². The zero-order valence-electron chi connectivity index (χ0n) is 26.5. The van der Waals surface area contributed by atoms with Gasteiger partial charge in [-0.25, -0.2) is 0 Å². The average Bonchev–Trinajstić information content (AvgIpc) is 2.99. The van der Waals surface area contributed by atoms with Gasteiger partial charge in [0.15, 0.2) is 24.6 Å². The van der Waals surface area contributed by atoms with Gasteiger partial charge in [0, 0.05) is 13.8 Å². The molecule has 280 valence electrons. The van der Waals surface area contributed by atoms with Crippen molar-refractivity contribution >= 4 is 87.5 Å². The van der Waals surface area contributed by atoms with Crippen LogP contribution >= 0.6 is 69.6 Å². The number of ether oxygens (including phenoxy) is 6. The van der Waals surface area contributed by atoms with E-state index in [0.717, 1.165) is 13.8 Å². The van der Waals surface area contributed by atoms with Gasteiger partial charge in [0.2, 0.25) is 6.29 Å². The summed E-state index contributed by atoms with van der Waals surface area (Å²) in [6, 6.07) is 0. The molecule has 0 aromatic heterocycles. The quantitative estimate of drug-likeness (QED) is 0.133. The molecule has 1 aliphatic carbocycles. The maximum absolute atomic E-state index is 12.7. The van der Waals surface area contributed by atoms with Crippen molar-refractivity contribution in [3.63, 3.8) is 0 Å². The molecule has 3 rings (SSSR count). The minimum atomic E-state index is -1.83. The third kappa shape index (κ3) is 11.7. The van der Waals surface area contributed by atoms with E-state index in [2.05, 4.69) is 0 Å². The van der Waals surface area contributed by atoms with Crippen LogP contribution in [0.3, 0.4) is 0 Å². The molecule has 2 saturated heterocycles. The first-order valence-electron chi connectivity index (χ1n) is 14.8. The molecule has 14 nitrogen and oxygen atoms in total. The summed E-state index contributed by atoms with van der Waals surface area (Å²) >= 11 is 35.3. The van der Waals surface area contributed by atoms with E-state index in [9.17, 15) is 39.9 Å². The molecule has 3 aliphatic rings. The van der Waals surface area contributed by atoms with E-state index < -0.39 is 130 Å². The Labute approximate surface area is 308 Å². The summed E-state index contributed by atoms with van der Waals surface area (Å²) in [7, 11) is 0. The number of carbonyl (C=O) groups is 3. The van der Waals surface area contributed by atoms with E-state index in [1.807, 2.05) is 0 Å². The minimum Gasteiger partial charge on any atom is -0.456 e. The van der Waals surface area contributed by atoms with Gasteiger partial charge in [-0.2, -0.15) is 0 Å². The Morgan fingerprint density at radius 3 is 1.42 bits per heavy atom. The molecule has 5 N–H and O–H groups in total. The molecule has 0 amide bonds. The molecule has 0 aromatic carbocycles. The molecule has 3 fully saturated rings. The summed E-state index contributed by atoms with van der Waals surface area (Å²) in [5.41, 5.74) is -0.500. The highest BCUT2D eigenvalue weighted by atomic mass is 35.5. The Kier molecular flexibility index (Phi) is 17.5. The van der Waals surface area contributed by atoms with Crippen LogP contribution in [0, 0.1) is 5.41 Å². The smallest absolute Gasteiger partial charge is 0.306 e. The molecule has 1 saturated carbocycles. The fourth-order valence-electron chi connectivity index (χ4n) is 4.91. The third-order valence-corrected chi connectivity index (χ3v) is 11.3. The minimum absolute atomic E-state index is 0.0787. The molecule has 2 heterocycles. The molecule has 48 heavy (non-hydrogen) atoms. The summed E-state index contributed by atoms with van der Waals surface area (Å²) in [5, 5.41) is 47.1. The van der Waals surface area contributed by atoms with Crippen LogP contribution in [0.2, 0.25) is 0 Å². The summed E-state index contributed by atoms with van der Waals surface area (Å²) in [4.78, 5) is 36.4. The van der Waals surface area contributed by atoms with E-state index in [-0.39, 0.29) is 6.42 Å². The lowest BCUT2D eigenvalue weighted by Gasteiger charge is -2.46. The van der Waals surface area contributed by atoms with Crippen molar-refractivity contribution in [3.8, 4) is 0 Å². The SMILES string of the molecule is CC(=O)O[C@@H]1[C@@H](OC(=O)CC(C)(C)C)[C@@H](O[C@H]2O[C@H](CO)[C@@H](O)[C@H](O)[C@H]2O)O[C@H](CO)[C@H]1OC(C)=O.Cl[C@H]1[C@H](Cl)[C@@H](Cl)[C@@H](Cl)[C@H](Cl)[C@H]1Cl. The molecule has 0 unspecified atom stereocenters. The highest BCUT2D eigenvalue weighted by molar-refractivity contribution is 6.45. The highest BCUT2D eigenvalue weighted by Crippen LogP contribution is 2.40. The van der Waals surface area contributed by atoms with Gasteiger partial charge >= 0.3 is 17.9 Å². The number of carbonyl (C=O) groups excluding carboxylic acids is 3. The van der Waals surface area contributed by atoms with Crippen LogP contribution in [0.15, 0.2) is 0 Å². The fourth-order valence-corrected chi connectivity index (χ4v) is 7.24. The largest absolute Gasteiger partial charge is 0.456 e. The maximum Gasteiger partial charge on any atom is 0.306 e. The Bertz CT molecular complexity index is 1010. The molecule has 0 aromatic rings. The number of hydrogen-bond donors (Lipinski definition) is 5. The van der Waals surface area contributed by atoms with Gasteiger partial charge in [-0.3, -0.25) is 14.4 Å². The Hall–Kier alpha value is -0.170. The molecule has 0 bridgehead atoms. The predicted molar refractivity (Wildman–Crippen MR) is 174 cm³/mol. The second-order valence-electron chi connectivity index (χ2n) is 12.6. The predicted octanol–water partition coefficient (Wildman–Crippen LogP) is 1.38. The molecular formula is C28H42Cl6O14. The van der Waals surface area contributed by atoms with Crippen molar-refractivity contribution in [3.05, 3.63) is 0 Å². The number of aliphatic hydroxyl groups is 5.